The van der Waals surface area contributed by atoms with Crippen LogP contribution in [0.3, 0.4) is 0 Å². The zero-order valence-corrected chi connectivity index (χ0v) is 21.6. The van der Waals surface area contributed by atoms with Gasteiger partial charge in [-0.1, -0.05) is 90.3 Å². The molecule has 0 bridgehead atoms. The summed E-state index contributed by atoms with van der Waals surface area (Å²) in [6.45, 7) is 8.47. The van der Waals surface area contributed by atoms with Gasteiger partial charge in [0, 0.05) is 5.56 Å². The van der Waals surface area contributed by atoms with Gasteiger partial charge in [-0.15, -0.1) is 0 Å². The monoisotopic (exact) mass is 474 g/mol. The van der Waals surface area contributed by atoms with Crippen molar-refractivity contribution in [1.29, 1.82) is 0 Å². The number of unbranched alkanes of at least 4 members (excludes halogenated alkanes) is 7. The van der Waals surface area contributed by atoms with Gasteiger partial charge in [0.2, 0.25) is 0 Å². The van der Waals surface area contributed by atoms with E-state index in [1.807, 2.05) is 24.3 Å². The van der Waals surface area contributed by atoms with Crippen molar-refractivity contribution in [1.82, 2.24) is 0 Å². The van der Waals surface area contributed by atoms with Gasteiger partial charge in [0.25, 0.3) is 0 Å². The highest BCUT2D eigenvalue weighted by Crippen LogP contribution is 2.35. The highest BCUT2D eigenvalue weighted by molar-refractivity contribution is 6.33. The molecule has 0 saturated carbocycles. The van der Waals surface area contributed by atoms with Crippen molar-refractivity contribution in [3.8, 4) is 11.5 Å². The Morgan fingerprint density at radius 2 is 1.58 bits per heavy atom. The molecule has 2 rings (SSSR count). The number of benzene rings is 2. The van der Waals surface area contributed by atoms with Gasteiger partial charge in [-0.05, 0) is 54.2 Å². The van der Waals surface area contributed by atoms with Crippen LogP contribution in [0.2, 0.25) is 5.02 Å². The van der Waals surface area contributed by atoms with Crippen molar-refractivity contribution in [2.45, 2.75) is 103 Å². The maximum absolute atomic E-state index is 10.3. The van der Waals surface area contributed by atoms with E-state index in [0.29, 0.717) is 10.7 Å². The summed E-state index contributed by atoms with van der Waals surface area (Å²) < 4.78 is 6.44. The number of phenolic OH excluding ortho intramolecular Hbond substituents is 1. The zero-order chi connectivity index (χ0) is 24.4. The van der Waals surface area contributed by atoms with Crippen LogP contribution in [-0.4, -0.2) is 11.2 Å². The van der Waals surface area contributed by atoms with E-state index in [4.69, 9.17) is 27.8 Å². The lowest BCUT2D eigenvalue weighted by Crippen LogP contribution is -2.31. The Kier molecular flexibility index (Phi) is 10.9. The van der Waals surface area contributed by atoms with Crippen molar-refractivity contribution >= 4 is 17.3 Å². The Morgan fingerprint density at radius 3 is 2.18 bits per heavy atom. The summed E-state index contributed by atoms with van der Waals surface area (Å²) >= 11 is 6.11. The lowest BCUT2D eigenvalue weighted by Gasteiger charge is -2.27. The first kappa shape index (κ1) is 27.3. The van der Waals surface area contributed by atoms with E-state index in [0.717, 1.165) is 29.7 Å². The third kappa shape index (κ3) is 8.75. The SMILES string of the molecule is CCCCCCCCCCC(Oc1ccc(O)c(C(C)(C)C)c1)C(N)c1ccc(Cl)c(N)c1. The molecule has 0 heterocycles. The molecule has 33 heavy (non-hydrogen) atoms. The topological polar surface area (TPSA) is 81.5 Å². The fourth-order valence-electron chi connectivity index (χ4n) is 4.14. The van der Waals surface area contributed by atoms with Crippen LogP contribution in [0.5, 0.6) is 11.5 Å². The fourth-order valence-corrected chi connectivity index (χ4v) is 4.26. The van der Waals surface area contributed by atoms with Crippen LogP contribution >= 0.6 is 11.6 Å². The number of ether oxygens (including phenoxy) is 1. The Balaban J connectivity index is 2.11. The summed E-state index contributed by atoms with van der Waals surface area (Å²) in [5.74, 6) is 1.00. The minimum absolute atomic E-state index is 0.191. The van der Waals surface area contributed by atoms with Gasteiger partial charge >= 0.3 is 0 Å². The molecule has 0 radical (unpaired) electrons. The second-order valence-corrected chi connectivity index (χ2v) is 10.6. The van der Waals surface area contributed by atoms with Gasteiger partial charge in [0.05, 0.1) is 16.8 Å². The normalized spacial score (nSPS) is 13.6. The van der Waals surface area contributed by atoms with E-state index in [2.05, 4.69) is 27.7 Å². The zero-order valence-electron chi connectivity index (χ0n) is 20.9. The van der Waals surface area contributed by atoms with Crippen molar-refractivity contribution in [2.75, 3.05) is 5.73 Å². The third-order valence-electron chi connectivity index (χ3n) is 6.21. The molecule has 5 heteroatoms. The standard InChI is InChI=1S/C28H43ClN2O2/c1-5-6-7-8-9-10-11-12-13-26(27(31)20-14-16-23(29)24(30)18-20)33-21-15-17-25(32)22(19-21)28(2,3)4/h14-19,26-27,32H,5-13,30-31H2,1-4H3. The van der Waals surface area contributed by atoms with Crippen LogP contribution in [0, 0.1) is 0 Å². The molecular formula is C28H43ClN2O2. The molecule has 0 spiro atoms. The summed E-state index contributed by atoms with van der Waals surface area (Å²) in [5.41, 5.74) is 14.8. The number of rotatable bonds is 13. The van der Waals surface area contributed by atoms with Crippen molar-refractivity contribution in [3.63, 3.8) is 0 Å². The number of halogens is 1. The summed E-state index contributed by atoms with van der Waals surface area (Å²) in [4.78, 5) is 0. The Hall–Kier alpha value is -1.91. The van der Waals surface area contributed by atoms with Gasteiger partial charge in [-0.2, -0.15) is 0 Å². The van der Waals surface area contributed by atoms with E-state index in [1.54, 1.807) is 12.1 Å². The van der Waals surface area contributed by atoms with E-state index < -0.39 is 0 Å². The second-order valence-electron chi connectivity index (χ2n) is 10.2. The average Bonchev–Trinajstić information content (AvgIpc) is 2.76. The number of aromatic hydroxyl groups is 1. The van der Waals surface area contributed by atoms with Gasteiger partial charge in [-0.25, -0.2) is 0 Å². The van der Waals surface area contributed by atoms with Gasteiger partial charge in [0.15, 0.2) is 0 Å². The van der Waals surface area contributed by atoms with Crippen LogP contribution in [0.25, 0.3) is 0 Å². The molecule has 4 nitrogen and oxygen atoms in total. The predicted molar refractivity (Wildman–Crippen MR) is 141 cm³/mol. The Labute approximate surface area is 205 Å². The molecule has 2 unspecified atom stereocenters. The van der Waals surface area contributed by atoms with E-state index >= 15 is 0 Å². The van der Waals surface area contributed by atoms with Crippen molar-refractivity contribution in [2.24, 2.45) is 5.73 Å². The number of phenols is 1. The lowest BCUT2D eigenvalue weighted by molar-refractivity contribution is 0.157. The summed E-state index contributed by atoms with van der Waals surface area (Å²) in [6.07, 6.45) is 10.7. The maximum atomic E-state index is 10.3. The molecule has 184 valence electrons. The quantitative estimate of drug-likeness (QED) is 0.203. The molecule has 0 aliphatic heterocycles. The van der Waals surface area contributed by atoms with Gasteiger partial charge in [-0.3, -0.25) is 0 Å². The highest BCUT2D eigenvalue weighted by Gasteiger charge is 2.24. The largest absolute Gasteiger partial charge is 0.508 e. The molecule has 0 aliphatic rings. The van der Waals surface area contributed by atoms with E-state index in [9.17, 15) is 5.11 Å². The first-order chi connectivity index (χ1) is 15.6. The molecular weight excluding hydrogens is 432 g/mol. The molecule has 0 fully saturated rings. The predicted octanol–water partition coefficient (Wildman–Crippen LogP) is 7.90. The minimum atomic E-state index is -0.332. The molecule has 0 saturated heterocycles. The van der Waals surface area contributed by atoms with Crippen molar-refractivity contribution in [3.05, 3.63) is 52.5 Å². The molecule has 0 aromatic heterocycles. The minimum Gasteiger partial charge on any atom is -0.508 e. The summed E-state index contributed by atoms with van der Waals surface area (Å²) in [5, 5.41) is 10.8. The van der Waals surface area contributed by atoms with Gasteiger partial charge < -0.3 is 21.3 Å². The lowest BCUT2D eigenvalue weighted by atomic mass is 9.86. The number of hydrogen-bond acceptors (Lipinski definition) is 4. The van der Waals surface area contributed by atoms with E-state index in [-0.39, 0.29) is 23.3 Å². The molecule has 2 aromatic rings. The van der Waals surface area contributed by atoms with Crippen LogP contribution in [0.15, 0.2) is 36.4 Å². The van der Waals surface area contributed by atoms with Crippen molar-refractivity contribution < 1.29 is 9.84 Å². The molecule has 0 amide bonds. The van der Waals surface area contributed by atoms with Crippen LogP contribution < -0.4 is 16.2 Å². The van der Waals surface area contributed by atoms with Gasteiger partial charge in [0.1, 0.15) is 17.6 Å². The average molecular weight is 475 g/mol. The first-order valence-corrected chi connectivity index (χ1v) is 12.8. The fraction of sp³-hybridized carbons (Fsp3) is 0.571. The number of nitrogen functional groups attached to an aromatic ring is 1. The molecule has 0 aliphatic carbocycles. The summed E-state index contributed by atoms with van der Waals surface area (Å²) in [6, 6.07) is 10.7. The number of hydrogen-bond donors (Lipinski definition) is 3. The third-order valence-corrected chi connectivity index (χ3v) is 6.56. The van der Waals surface area contributed by atoms with Crippen LogP contribution in [0.1, 0.15) is 103 Å². The smallest absolute Gasteiger partial charge is 0.120 e. The Bertz CT molecular complexity index is 863. The Morgan fingerprint density at radius 1 is 0.939 bits per heavy atom. The molecule has 2 atom stereocenters. The number of nitrogens with two attached hydrogens (primary N) is 2. The second kappa shape index (κ2) is 13.1. The maximum Gasteiger partial charge on any atom is 0.120 e. The first-order valence-electron chi connectivity index (χ1n) is 12.4. The van der Waals surface area contributed by atoms with E-state index in [1.165, 1.54) is 44.9 Å². The van der Waals surface area contributed by atoms with Crippen LogP contribution in [-0.2, 0) is 5.41 Å². The van der Waals surface area contributed by atoms with Crippen LogP contribution in [0.4, 0.5) is 5.69 Å². The highest BCUT2D eigenvalue weighted by atomic mass is 35.5. The summed E-state index contributed by atoms with van der Waals surface area (Å²) in [7, 11) is 0. The number of anilines is 1. The molecule has 5 N–H and O–H groups in total. The molecule has 2 aromatic carbocycles.